The fourth-order valence-electron chi connectivity index (χ4n) is 0.784. The third kappa shape index (κ3) is 3.23. The molecule has 0 fully saturated rings. The highest BCUT2D eigenvalue weighted by molar-refractivity contribution is 5.74. The molecule has 1 unspecified atom stereocenters. The van der Waals surface area contributed by atoms with Crippen molar-refractivity contribution in [2.24, 2.45) is 11.7 Å². The van der Waals surface area contributed by atoms with Crippen LogP contribution in [0.15, 0.2) is 0 Å². The van der Waals surface area contributed by atoms with Gasteiger partial charge in [0.15, 0.2) is 0 Å². The number of nitrogens with zero attached hydrogens (tertiary/aromatic N) is 1. The van der Waals surface area contributed by atoms with Gasteiger partial charge in [0.2, 0.25) is 0 Å². The van der Waals surface area contributed by atoms with Crippen LogP contribution in [0, 0.1) is 5.92 Å². The summed E-state index contributed by atoms with van der Waals surface area (Å²) in [6.07, 6.45) is 0. The zero-order chi connectivity index (χ0) is 9.72. The Hall–Kier alpha value is -1.26. The Morgan fingerprint density at radius 3 is 2.33 bits per heavy atom. The van der Waals surface area contributed by atoms with E-state index in [0.29, 0.717) is 6.54 Å². The van der Waals surface area contributed by atoms with Gasteiger partial charge in [-0.15, -0.1) is 0 Å². The van der Waals surface area contributed by atoms with Crippen LogP contribution >= 0.6 is 0 Å². The van der Waals surface area contributed by atoms with Gasteiger partial charge < -0.3 is 15.7 Å². The summed E-state index contributed by atoms with van der Waals surface area (Å²) in [6, 6.07) is -0.578. The molecule has 70 valence electrons. The van der Waals surface area contributed by atoms with Crippen molar-refractivity contribution in [2.75, 3.05) is 13.1 Å². The normalized spacial score (nSPS) is 12.2. The molecule has 0 aromatic heterocycles. The molecule has 1 atom stereocenters. The lowest BCUT2D eigenvalue weighted by Gasteiger charge is -2.19. The van der Waals surface area contributed by atoms with Crippen molar-refractivity contribution in [2.45, 2.75) is 13.8 Å². The molecule has 0 aliphatic rings. The number of amides is 2. The minimum absolute atomic E-state index is 0.168. The van der Waals surface area contributed by atoms with Gasteiger partial charge in [0.05, 0.1) is 5.92 Å². The number of carboxylic acids is 1. The molecule has 0 bridgehead atoms. The first-order chi connectivity index (χ1) is 5.49. The van der Waals surface area contributed by atoms with Crippen LogP contribution < -0.4 is 5.73 Å². The molecule has 0 aliphatic heterocycles. The minimum Gasteiger partial charge on any atom is -0.481 e. The number of hydrogen-bond donors (Lipinski definition) is 2. The summed E-state index contributed by atoms with van der Waals surface area (Å²) in [7, 11) is 0. The van der Waals surface area contributed by atoms with Crippen LogP contribution in [0.4, 0.5) is 4.79 Å². The molecule has 0 saturated heterocycles. The number of urea groups is 1. The number of rotatable bonds is 4. The van der Waals surface area contributed by atoms with Crippen LogP contribution in [-0.4, -0.2) is 35.1 Å². The predicted molar refractivity (Wildman–Crippen MR) is 43.6 cm³/mol. The highest BCUT2D eigenvalue weighted by Crippen LogP contribution is 1.99. The topological polar surface area (TPSA) is 83.6 Å². The van der Waals surface area contributed by atoms with E-state index in [-0.39, 0.29) is 6.54 Å². The molecule has 12 heavy (non-hydrogen) atoms. The molecule has 0 aromatic carbocycles. The van der Waals surface area contributed by atoms with E-state index in [1.54, 1.807) is 6.92 Å². The van der Waals surface area contributed by atoms with Gasteiger partial charge in [-0.3, -0.25) is 4.79 Å². The molecule has 5 heteroatoms. The van der Waals surface area contributed by atoms with Crippen LogP contribution in [0.25, 0.3) is 0 Å². The van der Waals surface area contributed by atoms with Crippen molar-refractivity contribution in [3.8, 4) is 0 Å². The fourth-order valence-corrected chi connectivity index (χ4v) is 0.784. The van der Waals surface area contributed by atoms with E-state index in [2.05, 4.69) is 0 Å². The van der Waals surface area contributed by atoms with Crippen LogP contribution in [0.2, 0.25) is 0 Å². The molecular weight excluding hydrogens is 160 g/mol. The Morgan fingerprint density at radius 1 is 1.58 bits per heavy atom. The third-order valence-electron chi connectivity index (χ3n) is 1.61. The molecular formula is C7H14N2O3. The summed E-state index contributed by atoms with van der Waals surface area (Å²) in [5.41, 5.74) is 4.99. The van der Waals surface area contributed by atoms with Gasteiger partial charge in [-0.2, -0.15) is 0 Å². The van der Waals surface area contributed by atoms with Crippen molar-refractivity contribution in [1.29, 1.82) is 0 Å². The standard InChI is InChI=1S/C7H14N2O3/c1-3-9(7(8)12)4-5(2)6(10)11/h5H,3-4H2,1-2H3,(H2,8,12)(H,10,11). The molecule has 0 spiro atoms. The molecule has 0 heterocycles. The number of carboxylic acid groups (broad SMARTS) is 1. The Balaban J connectivity index is 4.02. The summed E-state index contributed by atoms with van der Waals surface area (Å²) in [6.45, 7) is 3.89. The zero-order valence-corrected chi connectivity index (χ0v) is 7.28. The van der Waals surface area contributed by atoms with Crippen molar-refractivity contribution < 1.29 is 14.7 Å². The maximum atomic E-state index is 10.6. The molecule has 0 saturated carbocycles. The average molecular weight is 174 g/mol. The maximum Gasteiger partial charge on any atom is 0.314 e. The van der Waals surface area contributed by atoms with Gasteiger partial charge in [-0.1, -0.05) is 6.92 Å². The van der Waals surface area contributed by atoms with Crippen LogP contribution in [0.3, 0.4) is 0 Å². The predicted octanol–water partition coefficient (Wildman–Crippen LogP) is 0.108. The number of nitrogens with two attached hydrogens (primary N) is 1. The second-order valence-corrected chi connectivity index (χ2v) is 2.62. The summed E-state index contributed by atoms with van der Waals surface area (Å²) in [4.78, 5) is 22.3. The van der Waals surface area contributed by atoms with E-state index in [1.165, 1.54) is 11.8 Å². The molecule has 0 aromatic rings. The van der Waals surface area contributed by atoms with Gasteiger partial charge in [0.1, 0.15) is 0 Å². The zero-order valence-electron chi connectivity index (χ0n) is 7.28. The van der Waals surface area contributed by atoms with E-state index in [1.807, 2.05) is 0 Å². The van der Waals surface area contributed by atoms with Gasteiger partial charge in [0, 0.05) is 13.1 Å². The average Bonchev–Trinajstić information content (AvgIpc) is 1.98. The van der Waals surface area contributed by atoms with Crippen LogP contribution in [-0.2, 0) is 4.79 Å². The second-order valence-electron chi connectivity index (χ2n) is 2.62. The highest BCUT2D eigenvalue weighted by atomic mass is 16.4. The number of hydrogen-bond acceptors (Lipinski definition) is 2. The largest absolute Gasteiger partial charge is 0.481 e. The smallest absolute Gasteiger partial charge is 0.314 e. The van der Waals surface area contributed by atoms with Crippen molar-refractivity contribution in [3.63, 3.8) is 0 Å². The summed E-state index contributed by atoms with van der Waals surface area (Å²) in [5.74, 6) is -1.49. The van der Waals surface area contributed by atoms with E-state index in [9.17, 15) is 9.59 Å². The van der Waals surface area contributed by atoms with E-state index in [4.69, 9.17) is 10.8 Å². The Morgan fingerprint density at radius 2 is 2.08 bits per heavy atom. The van der Waals surface area contributed by atoms with Crippen molar-refractivity contribution in [3.05, 3.63) is 0 Å². The van der Waals surface area contributed by atoms with Crippen molar-refractivity contribution >= 4 is 12.0 Å². The first-order valence-electron chi connectivity index (χ1n) is 3.76. The number of aliphatic carboxylic acids is 1. The van der Waals surface area contributed by atoms with Crippen LogP contribution in [0.5, 0.6) is 0 Å². The van der Waals surface area contributed by atoms with Crippen molar-refractivity contribution in [1.82, 2.24) is 4.90 Å². The second kappa shape index (κ2) is 4.58. The molecule has 0 rings (SSSR count). The summed E-state index contributed by atoms with van der Waals surface area (Å²) < 4.78 is 0. The number of carbonyl (C=O) groups excluding carboxylic acids is 1. The minimum atomic E-state index is -0.922. The lowest BCUT2D eigenvalue weighted by molar-refractivity contribution is -0.141. The van der Waals surface area contributed by atoms with E-state index in [0.717, 1.165) is 0 Å². The van der Waals surface area contributed by atoms with Gasteiger partial charge in [0.25, 0.3) is 0 Å². The molecule has 0 aliphatic carbocycles. The van der Waals surface area contributed by atoms with Crippen LogP contribution in [0.1, 0.15) is 13.8 Å². The monoisotopic (exact) mass is 174 g/mol. The van der Waals surface area contributed by atoms with Gasteiger partial charge in [-0.25, -0.2) is 4.79 Å². The number of primary amides is 1. The lowest BCUT2D eigenvalue weighted by Crippen LogP contribution is -2.40. The quantitative estimate of drug-likeness (QED) is 0.634. The Bertz CT molecular complexity index is 181. The highest BCUT2D eigenvalue weighted by Gasteiger charge is 2.16. The number of carbonyl (C=O) groups is 2. The SMILES string of the molecule is CCN(CC(C)C(=O)O)C(N)=O. The molecule has 2 amide bonds. The Kier molecular flexibility index (Phi) is 4.10. The third-order valence-corrected chi connectivity index (χ3v) is 1.61. The Labute approximate surface area is 71.1 Å². The van der Waals surface area contributed by atoms with E-state index < -0.39 is 17.9 Å². The first-order valence-corrected chi connectivity index (χ1v) is 3.76. The van der Waals surface area contributed by atoms with Gasteiger partial charge >= 0.3 is 12.0 Å². The fraction of sp³-hybridized carbons (Fsp3) is 0.714. The maximum absolute atomic E-state index is 10.6. The first kappa shape index (κ1) is 10.7. The molecule has 3 N–H and O–H groups in total. The molecule has 5 nitrogen and oxygen atoms in total. The summed E-state index contributed by atoms with van der Waals surface area (Å²) >= 11 is 0. The lowest BCUT2D eigenvalue weighted by atomic mass is 10.2. The van der Waals surface area contributed by atoms with Gasteiger partial charge in [-0.05, 0) is 6.92 Å². The molecule has 0 radical (unpaired) electrons. The van der Waals surface area contributed by atoms with E-state index >= 15 is 0 Å². The summed E-state index contributed by atoms with van der Waals surface area (Å²) in [5, 5.41) is 8.53.